The highest BCUT2D eigenvalue weighted by atomic mass is 35.5. The van der Waals surface area contributed by atoms with Crippen molar-refractivity contribution in [3.63, 3.8) is 0 Å². The van der Waals surface area contributed by atoms with Gasteiger partial charge in [0.15, 0.2) is 0 Å². The summed E-state index contributed by atoms with van der Waals surface area (Å²) in [5.74, 6) is -1.03. The summed E-state index contributed by atoms with van der Waals surface area (Å²) in [7, 11) is -4.24. The van der Waals surface area contributed by atoms with E-state index in [0.29, 0.717) is 18.7 Å². The molecule has 2 N–H and O–H groups in total. The van der Waals surface area contributed by atoms with Gasteiger partial charge in [0.2, 0.25) is 11.8 Å². The van der Waals surface area contributed by atoms with E-state index in [-0.39, 0.29) is 22.0 Å². The Morgan fingerprint density at radius 3 is 2.52 bits per heavy atom. The monoisotopic (exact) mass is 484 g/mol. The summed E-state index contributed by atoms with van der Waals surface area (Å²) in [6.07, 6.45) is 3.56. The first kappa shape index (κ1) is 22.8. The van der Waals surface area contributed by atoms with Crippen LogP contribution in [-0.2, 0) is 26.0 Å². The molecule has 0 saturated carbocycles. The number of pyridine rings is 1. The van der Waals surface area contributed by atoms with Gasteiger partial charge in [0.25, 0.3) is 10.0 Å². The number of hydrogen-bond acceptors (Lipinski definition) is 5. The molecule has 3 aromatic rings. The molecule has 170 valence electrons. The quantitative estimate of drug-likeness (QED) is 0.536. The Labute approximate surface area is 196 Å². The highest BCUT2D eigenvalue weighted by Gasteiger charge is 2.42. The number of para-hydroxylation sites is 2. The maximum Gasteiger partial charge on any atom is 0.266 e. The number of anilines is 2. The number of benzene rings is 2. The van der Waals surface area contributed by atoms with Gasteiger partial charge >= 0.3 is 0 Å². The van der Waals surface area contributed by atoms with Crippen LogP contribution in [0.15, 0.2) is 78.0 Å². The summed E-state index contributed by atoms with van der Waals surface area (Å²) >= 11 is 6.18. The molecule has 0 saturated heterocycles. The summed E-state index contributed by atoms with van der Waals surface area (Å²) in [5.41, 5.74) is 1.61. The summed E-state index contributed by atoms with van der Waals surface area (Å²) in [6.45, 7) is 0.338. The molecular formula is C23H21ClN4O4S. The molecular weight excluding hydrogens is 464 g/mol. The van der Waals surface area contributed by atoms with Crippen LogP contribution in [0.4, 0.5) is 11.4 Å². The lowest BCUT2D eigenvalue weighted by atomic mass is 10.1. The number of carbonyl (C=O) groups excluding carboxylic acids is 2. The lowest BCUT2D eigenvalue weighted by molar-refractivity contribution is -0.125. The first-order valence-corrected chi connectivity index (χ1v) is 12.0. The molecule has 0 bridgehead atoms. The van der Waals surface area contributed by atoms with E-state index in [0.717, 1.165) is 9.87 Å². The highest BCUT2D eigenvalue weighted by Crippen LogP contribution is 2.38. The van der Waals surface area contributed by atoms with Crippen molar-refractivity contribution in [2.75, 3.05) is 16.2 Å². The molecule has 1 aliphatic heterocycles. The molecule has 1 aliphatic rings. The van der Waals surface area contributed by atoms with Gasteiger partial charge in [-0.3, -0.25) is 18.9 Å². The Morgan fingerprint density at radius 1 is 1.06 bits per heavy atom. The van der Waals surface area contributed by atoms with Gasteiger partial charge < -0.3 is 10.6 Å². The van der Waals surface area contributed by atoms with Gasteiger partial charge in [0, 0.05) is 18.9 Å². The lowest BCUT2D eigenvalue weighted by Gasteiger charge is -2.36. The third-order valence-electron chi connectivity index (χ3n) is 5.22. The minimum Gasteiger partial charge on any atom is -0.356 e. The first-order valence-electron chi connectivity index (χ1n) is 10.2. The number of aromatic nitrogens is 1. The molecule has 2 heterocycles. The standard InChI is InChI=1S/C23H21ClN4O4S/c24-17-5-1-4-8-21(17)33(31,32)28-19-7-3-2-6-18(19)27-23(30)20(28)15-22(29)26-14-11-16-9-12-25-13-10-16/h1-10,12-13,20H,11,14-15H2,(H,26,29)(H,27,30)/t20-/m1/s1. The number of carbonyl (C=O) groups is 2. The van der Waals surface area contributed by atoms with Crippen LogP contribution >= 0.6 is 11.6 Å². The number of nitrogens with one attached hydrogen (secondary N) is 2. The van der Waals surface area contributed by atoms with Crippen molar-refractivity contribution >= 4 is 44.8 Å². The number of nitrogens with zero attached hydrogens (tertiary/aromatic N) is 2. The fourth-order valence-electron chi connectivity index (χ4n) is 3.64. The van der Waals surface area contributed by atoms with Crippen molar-refractivity contribution < 1.29 is 18.0 Å². The molecule has 0 spiro atoms. The molecule has 0 radical (unpaired) electrons. The summed E-state index contributed by atoms with van der Waals surface area (Å²) in [5, 5.41) is 5.49. The second-order valence-corrected chi connectivity index (χ2v) is 9.60. The zero-order chi connectivity index (χ0) is 23.4. The zero-order valence-electron chi connectivity index (χ0n) is 17.4. The molecule has 0 unspecified atom stereocenters. The van der Waals surface area contributed by atoms with Crippen LogP contribution in [0.3, 0.4) is 0 Å². The molecule has 2 aromatic carbocycles. The normalized spacial score (nSPS) is 15.5. The SMILES string of the molecule is O=C(C[C@@H]1C(=O)Nc2ccccc2N1S(=O)(=O)c1ccccc1Cl)NCCc1ccncc1. The highest BCUT2D eigenvalue weighted by molar-refractivity contribution is 7.93. The van der Waals surface area contributed by atoms with E-state index < -0.39 is 27.9 Å². The molecule has 0 fully saturated rings. The zero-order valence-corrected chi connectivity index (χ0v) is 19.0. The Morgan fingerprint density at radius 2 is 1.76 bits per heavy atom. The second kappa shape index (κ2) is 9.60. The largest absolute Gasteiger partial charge is 0.356 e. The summed E-state index contributed by atoms with van der Waals surface area (Å²) < 4.78 is 28.3. The lowest BCUT2D eigenvalue weighted by Crippen LogP contribution is -2.52. The van der Waals surface area contributed by atoms with Crippen LogP contribution in [0, 0.1) is 0 Å². The first-order chi connectivity index (χ1) is 15.9. The number of hydrogen-bond donors (Lipinski definition) is 2. The molecule has 33 heavy (non-hydrogen) atoms. The minimum absolute atomic E-state index is 0.0292. The molecule has 4 rings (SSSR count). The fourth-order valence-corrected chi connectivity index (χ4v) is 5.77. The van der Waals surface area contributed by atoms with Gasteiger partial charge in [-0.1, -0.05) is 35.9 Å². The van der Waals surface area contributed by atoms with Gasteiger partial charge in [-0.25, -0.2) is 8.42 Å². The molecule has 2 amide bonds. The van der Waals surface area contributed by atoms with E-state index in [2.05, 4.69) is 15.6 Å². The molecule has 1 aromatic heterocycles. The van der Waals surface area contributed by atoms with Gasteiger partial charge in [0.1, 0.15) is 10.9 Å². The second-order valence-electron chi connectivity index (χ2n) is 7.41. The molecule has 10 heteroatoms. The summed E-state index contributed by atoms with van der Waals surface area (Å²) in [4.78, 5) is 29.4. The Balaban J connectivity index is 1.61. The molecule has 1 atom stereocenters. The van der Waals surface area contributed by atoms with E-state index in [9.17, 15) is 18.0 Å². The number of sulfonamides is 1. The topological polar surface area (TPSA) is 108 Å². The van der Waals surface area contributed by atoms with Crippen LogP contribution in [0.25, 0.3) is 0 Å². The number of rotatable bonds is 7. The van der Waals surface area contributed by atoms with Crippen molar-refractivity contribution in [2.45, 2.75) is 23.8 Å². The number of amides is 2. The average molecular weight is 485 g/mol. The van der Waals surface area contributed by atoms with Gasteiger partial charge in [-0.15, -0.1) is 0 Å². The average Bonchev–Trinajstić information content (AvgIpc) is 2.80. The Bertz CT molecular complexity index is 1280. The van der Waals surface area contributed by atoms with Crippen molar-refractivity contribution in [3.8, 4) is 0 Å². The van der Waals surface area contributed by atoms with Gasteiger partial charge in [-0.05, 0) is 48.4 Å². The minimum atomic E-state index is -4.24. The van der Waals surface area contributed by atoms with Crippen molar-refractivity contribution in [1.82, 2.24) is 10.3 Å². The molecule has 0 aliphatic carbocycles. The fraction of sp³-hybridized carbons (Fsp3) is 0.174. The molecule has 8 nitrogen and oxygen atoms in total. The van der Waals surface area contributed by atoms with Crippen molar-refractivity contribution in [2.24, 2.45) is 0 Å². The Hall–Kier alpha value is -3.43. The van der Waals surface area contributed by atoms with Crippen LogP contribution in [-0.4, -0.2) is 37.8 Å². The van der Waals surface area contributed by atoms with E-state index in [4.69, 9.17) is 11.6 Å². The third-order valence-corrected chi connectivity index (χ3v) is 7.55. The van der Waals surface area contributed by atoms with Crippen LogP contribution < -0.4 is 14.9 Å². The third kappa shape index (κ3) is 4.84. The maximum absolute atomic E-state index is 13.6. The van der Waals surface area contributed by atoms with E-state index in [1.54, 1.807) is 48.8 Å². The van der Waals surface area contributed by atoms with Crippen molar-refractivity contribution in [3.05, 3.63) is 83.6 Å². The number of fused-ring (bicyclic) bond motifs is 1. The van der Waals surface area contributed by atoms with E-state index in [1.807, 2.05) is 12.1 Å². The van der Waals surface area contributed by atoms with Crippen molar-refractivity contribution in [1.29, 1.82) is 0 Å². The van der Waals surface area contributed by atoms with Crippen LogP contribution in [0.5, 0.6) is 0 Å². The van der Waals surface area contributed by atoms with E-state index in [1.165, 1.54) is 12.1 Å². The van der Waals surface area contributed by atoms with Crippen LogP contribution in [0.1, 0.15) is 12.0 Å². The van der Waals surface area contributed by atoms with Gasteiger partial charge in [-0.2, -0.15) is 0 Å². The smallest absolute Gasteiger partial charge is 0.266 e. The Kier molecular flexibility index (Phi) is 6.62. The summed E-state index contributed by atoms with van der Waals surface area (Å²) in [6, 6.07) is 15.0. The predicted molar refractivity (Wildman–Crippen MR) is 126 cm³/mol. The van der Waals surface area contributed by atoms with Gasteiger partial charge in [0.05, 0.1) is 22.8 Å². The van der Waals surface area contributed by atoms with E-state index >= 15 is 0 Å². The maximum atomic E-state index is 13.6. The predicted octanol–water partition coefficient (Wildman–Crippen LogP) is 3.00. The van der Waals surface area contributed by atoms with Crippen LogP contribution in [0.2, 0.25) is 5.02 Å². The number of halogens is 1.